The standard InChI is InChI=1S/C26H33N3O6/c1-34-22-11-10-21(16-23(22)35-2)28-24(30)12-8-18-5-3-7-20(15-18)27-25(31)13-9-19-6-4-14-29(17-19)26(32)33/h3,5,7,10-11,15-16,19H,4,6,8-9,12-14,17H2,1-2H3,(H,27,31)(H,28,30)(H,32,33). The molecule has 1 unspecified atom stereocenters. The fourth-order valence-corrected chi connectivity index (χ4v) is 4.23. The number of nitrogens with zero attached hydrogens (tertiary/aromatic N) is 1. The number of ether oxygens (including phenoxy) is 2. The van der Waals surface area contributed by atoms with E-state index in [1.807, 2.05) is 24.3 Å². The predicted octanol–water partition coefficient (Wildman–Crippen LogP) is 4.38. The van der Waals surface area contributed by atoms with Gasteiger partial charge in [0.05, 0.1) is 14.2 Å². The summed E-state index contributed by atoms with van der Waals surface area (Å²) in [5.74, 6) is 1.11. The highest BCUT2D eigenvalue weighted by atomic mass is 16.5. The third-order valence-electron chi connectivity index (χ3n) is 6.09. The SMILES string of the molecule is COc1ccc(NC(=O)CCc2cccc(NC(=O)CCC3CCCN(C(=O)O)C3)c2)cc1OC. The van der Waals surface area contributed by atoms with Gasteiger partial charge in [-0.3, -0.25) is 9.59 Å². The molecule has 0 radical (unpaired) electrons. The number of piperidine rings is 1. The maximum Gasteiger partial charge on any atom is 0.407 e. The number of carboxylic acid groups (broad SMARTS) is 1. The van der Waals surface area contributed by atoms with Crippen molar-refractivity contribution in [1.29, 1.82) is 0 Å². The van der Waals surface area contributed by atoms with Crippen LogP contribution in [0.15, 0.2) is 42.5 Å². The van der Waals surface area contributed by atoms with Crippen LogP contribution in [0.5, 0.6) is 11.5 Å². The highest BCUT2D eigenvalue weighted by Crippen LogP contribution is 2.29. The summed E-state index contributed by atoms with van der Waals surface area (Å²) >= 11 is 0. The molecule has 0 saturated carbocycles. The van der Waals surface area contributed by atoms with Crippen LogP contribution >= 0.6 is 0 Å². The lowest BCUT2D eigenvalue weighted by Crippen LogP contribution is -2.39. The van der Waals surface area contributed by atoms with E-state index < -0.39 is 6.09 Å². The lowest BCUT2D eigenvalue weighted by atomic mass is 9.93. The second kappa shape index (κ2) is 12.6. The number of hydrogen-bond acceptors (Lipinski definition) is 5. The first-order valence-electron chi connectivity index (χ1n) is 11.8. The number of benzene rings is 2. The minimum atomic E-state index is -0.895. The van der Waals surface area contributed by atoms with Crippen LogP contribution in [0, 0.1) is 5.92 Å². The van der Waals surface area contributed by atoms with E-state index in [0.717, 1.165) is 18.4 Å². The van der Waals surface area contributed by atoms with Gasteiger partial charge in [0.25, 0.3) is 0 Å². The van der Waals surface area contributed by atoms with Crippen molar-refractivity contribution in [3.63, 3.8) is 0 Å². The minimum absolute atomic E-state index is 0.0965. The van der Waals surface area contributed by atoms with Crippen molar-refractivity contribution in [2.75, 3.05) is 37.9 Å². The van der Waals surface area contributed by atoms with E-state index in [9.17, 15) is 14.4 Å². The van der Waals surface area contributed by atoms with Crippen LogP contribution in [-0.2, 0) is 16.0 Å². The normalized spacial score (nSPS) is 15.3. The van der Waals surface area contributed by atoms with E-state index in [0.29, 0.717) is 55.2 Å². The van der Waals surface area contributed by atoms with Crippen LogP contribution < -0.4 is 20.1 Å². The van der Waals surface area contributed by atoms with Gasteiger partial charge in [0.2, 0.25) is 11.8 Å². The van der Waals surface area contributed by atoms with Crippen LogP contribution in [0.4, 0.5) is 16.2 Å². The Labute approximate surface area is 205 Å². The molecule has 2 aromatic carbocycles. The van der Waals surface area contributed by atoms with Crippen LogP contribution in [0.3, 0.4) is 0 Å². The molecule has 1 heterocycles. The number of nitrogens with one attached hydrogen (secondary N) is 2. The molecule has 1 atom stereocenters. The highest BCUT2D eigenvalue weighted by Gasteiger charge is 2.23. The van der Waals surface area contributed by atoms with Gasteiger partial charge in [0.15, 0.2) is 11.5 Å². The predicted molar refractivity (Wildman–Crippen MR) is 133 cm³/mol. The van der Waals surface area contributed by atoms with Crippen LogP contribution in [-0.4, -0.2) is 55.2 Å². The summed E-state index contributed by atoms with van der Waals surface area (Å²) in [4.78, 5) is 37.4. The molecule has 9 heteroatoms. The molecule has 188 valence electrons. The molecule has 35 heavy (non-hydrogen) atoms. The quantitative estimate of drug-likeness (QED) is 0.462. The number of aryl methyl sites for hydroxylation is 1. The Balaban J connectivity index is 1.45. The van der Waals surface area contributed by atoms with Crippen LogP contribution in [0.25, 0.3) is 0 Å². The van der Waals surface area contributed by atoms with Crippen molar-refractivity contribution in [2.45, 2.75) is 38.5 Å². The molecule has 1 fully saturated rings. The number of methoxy groups -OCH3 is 2. The maximum absolute atomic E-state index is 12.4. The number of likely N-dealkylation sites (tertiary alicyclic amines) is 1. The molecule has 3 amide bonds. The number of amides is 3. The molecule has 2 aromatic rings. The highest BCUT2D eigenvalue weighted by molar-refractivity contribution is 5.92. The monoisotopic (exact) mass is 483 g/mol. The Kier molecular flexibility index (Phi) is 9.34. The fourth-order valence-electron chi connectivity index (χ4n) is 4.23. The number of carbonyl (C=O) groups is 3. The zero-order chi connectivity index (χ0) is 25.2. The molecule has 9 nitrogen and oxygen atoms in total. The van der Waals surface area contributed by atoms with Crippen molar-refractivity contribution in [3.8, 4) is 11.5 Å². The van der Waals surface area contributed by atoms with E-state index in [4.69, 9.17) is 14.6 Å². The first-order valence-corrected chi connectivity index (χ1v) is 11.8. The van der Waals surface area contributed by atoms with E-state index in [2.05, 4.69) is 10.6 Å². The average molecular weight is 484 g/mol. The average Bonchev–Trinajstić information content (AvgIpc) is 2.86. The van der Waals surface area contributed by atoms with Crippen molar-refractivity contribution < 1.29 is 29.0 Å². The lowest BCUT2D eigenvalue weighted by molar-refractivity contribution is -0.117. The fraction of sp³-hybridized carbons (Fsp3) is 0.423. The molecule has 3 rings (SSSR count). The summed E-state index contributed by atoms with van der Waals surface area (Å²) in [7, 11) is 3.09. The molecule has 0 bridgehead atoms. The minimum Gasteiger partial charge on any atom is -0.493 e. The van der Waals surface area contributed by atoms with Gasteiger partial charge in [-0.1, -0.05) is 12.1 Å². The first-order chi connectivity index (χ1) is 16.9. The van der Waals surface area contributed by atoms with E-state index in [1.165, 1.54) is 12.0 Å². The maximum atomic E-state index is 12.4. The summed E-state index contributed by atoms with van der Waals surface area (Å²) < 4.78 is 10.5. The van der Waals surface area contributed by atoms with Gasteiger partial charge < -0.3 is 30.1 Å². The van der Waals surface area contributed by atoms with Crippen molar-refractivity contribution in [2.24, 2.45) is 5.92 Å². The molecular formula is C26H33N3O6. The zero-order valence-corrected chi connectivity index (χ0v) is 20.2. The first kappa shape index (κ1) is 25.9. The van der Waals surface area contributed by atoms with Crippen molar-refractivity contribution >= 4 is 29.3 Å². The Morgan fingerprint density at radius 1 is 0.971 bits per heavy atom. The third kappa shape index (κ3) is 7.91. The van der Waals surface area contributed by atoms with Crippen LogP contribution in [0.1, 0.15) is 37.7 Å². The van der Waals surface area contributed by atoms with Crippen molar-refractivity contribution in [1.82, 2.24) is 4.90 Å². The Bertz CT molecular complexity index is 1040. The Hall–Kier alpha value is -3.75. The second-order valence-electron chi connectivity index (χ2n) is 8.64. The Morgan fingerprint density at radius 3 is 2.40 bits per heavy atom. The molecule has 0 spiro atoms. The van der Waals surface area contributed by atoms with Gasteiger partial charge >= 0.3 is 6.09 Å². The topological polar surface area (TPSA) is 117 Å². The summed E-state index contributed by atoms with van der Waals surface area (Å²) in [6.45, 7) is 1.06. The summed E-state index contributed by atoms with van der Waals surface area (Å²) in [6.07, 6.45) is 2.69. The number of carbonyl (C=O) groups excluding carboxylic acids is 2. The number of hydrogen-bond donors (Lipinski definition) is 3. The van der Waals surface area contributed by atoms with Crippen molar-refractivity contribution in [3.05, 3.63) is 48.0 Å². The van der Waals surface area contributed by atoms with E-state index >= 15 is 0 Å². The number of rotatable bonds is 10. The van der Waals surface area contributed by atoms with Crippen LogP contribution in [0.2, 0.25) is 0 Å². The van der Waals surface area contributed by atoms with Gasteiger partial charge in [-0.2, -0.15) is 0 Å². The molecule has 1 saturated heterocycles. The van der Waals surface area contributed by atoms with Gasteiger partial charge in [-0.05, 0) is 61.4 Å². The summed E-state index contributed by atoms with van der Waals surface area (Å²) in [5.41, 5.74) is 2.25. The van der Waals surface area contributed by atoms with E-state index in [-0.39, 0.29) is 24.2 Å². The molecule has 1 aliphatic rings. The number of anilines is 2. The molecule has 0 aromatic heterocycles. The molecule has 0 aliphatic carbocycles. The summed E-state index contributed by atoms with van der Waals surface area (Å²) in [6, 6.07) is 12.6. The molecule has 3 N–H and O–H groups in total. The van der Waals surface area contributed by atoms with Gasteiger partial charge in [0, 0.05) is 43.4 Å². The second-order valence-corrected chi connectivity index (χ2v) is 8.64. The van der Waals surface area contributed by atoms with Gasteiger partial charge in [0.1, 0.15) is 0 Å². The smallest absolute Gasteiger partial charge is 0.407 e. The van der Waals surface area contributed by atoms with Gasteiger partial charge in [-0.25, -0.2) is 4.79 Å². The lowest BCUT2D eigenvalue weighted by Gasteiger charge is -2.30. The zero-order valence-electron chi connectivity index (χ0n) is 20.2. The van der Waals surface area contributed by atoms with Gasteiger partial charge in [-0.15, -0.1) is 0 Å². The molecule has 1 aliphatic heterocycles. The summed E-state index contributed by atoms with van der Waals surface area (Å²) in [5, 5.41) is 14.9. The third-order valence-corrected chi connectivity index (χ3v) is 6.09. The Morgan fingerprint density at radius 2 is 1.69 bits per heavy atom. The molecular weight excluding hydrogens is 450 g/mol. The largest absolute Gasteiger partial charge is 0.493 e. The van der Waals surface area contributed by atoms with E-state index in [1.54, 1.807) is 25.3 Å².